The second-order valence-electron chi connectivity index (χ2n) is 17.9. The molecule has 2 amide bonds. The van der Waals surface area contributed by atoms with Gasteiger partial charge in [0.05, 0.1) is 48.3 Å². The molecule has 8 atom stereocenters. The summed E-state index contributed by atoms with van der Waals surface area (Å²) in [5.41, 5.74) is 4.40. The van der Waals surface area contributed by atoms with Gasteiger partial charge >= 0.3 is 24.0 Å². The van der Waals surface area contributed by atoms with Gasteiger partial charge in [-0.05, 0) is 53.4 Å². The number of nitriles is 1. The number of imidazole rings is 2. The fraction of sp³-hybridized carbons (Fsp3) is 0.523. The van der Waals surface area contributed by atoms with Crippen molar-refractivity contribution >= 4 is 47.0 Å². The van der Waals surface area contributed by atoms with Crippen molar-refractivity contribution in [3.8, 4) is 6.07 Å². The number of alkyl halides is 2. The van der Waals surface area contributed by atoms with Gasteiger partial charge in [0.15, 0.2) is 11.5 Å². The fourth-order valence-electron chi connectivity index (χ4n) is 9.13. The Morgan fingerprint density at radius 2 is 1.48 bits per heavy atom. The van der Waals surface area contributed by atoms with Gasteiger partial charge in [-0.3, -0.25) is 9.50 Å². The number of methoxy groups -OCH3 is 2. The van der Waals surface area contributed by atoms with Crippen LogP contribution in [0.2, 0.25) is 0 Å². The normalized spacial score (nSPS) is 23.5. The molecule has 0 saturated heterocycles. The van der Waals surface area contributed by atoms with Crippen LogP contribution < -0.4 is 25.9 Å². The molecule has 354 valence electrons. The van der Waals surface area contributed by atoms with Crippen LogP contribution in [0, 0.1) is 11.3 Å². The Morgan fingerprint density at radius 3 is 2.12 bits per heavy atom. The third-order valence-corrected chi connectivity index (χ3v) is 12.2. The lowest BCUT2D eigenvalue weighted by atomic mass is 10.0. The van der Waals surface area contributed by atoms with E-state index in [2.05, 4.69) is 52.6 Å². The van der Waals surface area contributed by atoms with Crippen LogP contribution in [0.5, 0.6) is 0 Å². The molecule has 3 saturated carbocycles. The van der Waals surface area contributed by atoms with Crippen molar-refractivity contribution in [2.75, 3.05) is 24.9 Å². The monoisotopic (exact) mass is 926 g/mol. The molecule has 0 aromatic carbocycles. The van der Waals surface area contributed by atoms with Crippen molar-refractivity contribution < 1.29 is 42.0 Å². The summed E-state index contributed by atoms with van der Waals surface area (Å²) in [5.74, 6) is 0.413. The van der Waals surface area contributed by atoms with Crippen molar-refractivity contribution in [1.82, 2.24) is 54.7 Å². The minimum Gasteiger partial charge on any atom is -0.443 e. The Labute approximate surface area is 383 Å². The van der Waals surface area contributed by atoms with Gasteiger partial charge in [0, 0.05) is 80.7 Å². The first-order valence-corrected chi connectivity index (χ1v) is 22.4. The smallest absolute Gasteiger partial charge is 0.407 e. The van der Waals surface area contributed by atoms with Crippen LogP contribution in [0.3, 0.4) is 0 Å². The zero-order chi connectivity index (χ0) is 47.1. The zero-order valence-corrected chi connectivity index (χ0v) is 37.9. The Bertz CT molecular complexity index is 2820. The maximum atomic E-state index is 16.3. The lowest BCUT2D eigenvalue weighted by Crippen LogP contribution is -2.38. The molecule has 9 rings (SSSR count). The Hall–Kier alpha value is -6.93. The molecule has 0 radical (unpaired) electrons. The summed E-state index contributed by atoms with van der Waals surface area (Å²) < 4.78 is 59.0. The number of nitrogens with zero attached hydrogens (tertiary/aromatic N) is 9. The minimum atomic E-state index is -1.48. The summed E-state index contributed by atoms with van der Waals surface area (Å²) in [5, 5.41) is 32.8. The van der Waals surface area contributed by atoms with Gasteiger partial charge in [-0.1, -0.05) is 0 Å². The molecule has 2 unspecified atom stereocenters. The lowest BCUT2D eigenvalue weighted by Gasteiger charge is -2.18. The van der Waals surface area contributed by atoms with E-state index in [0.29, 0.717) is 95.4 Å². The van der Waals surface area contributed by atoms with E-state index >= 15 is 8.78 Å². The van der Waals surface area contributed by atoms with Crippen LogP contribution in [-0.2, 0) is 32.2 Å². The van der Waals surface area contributed by atoms with Crippen molar-refractivity contribution in [2.45, 2.75) is 133 Å². The molecule has 6 aromatic heterocycles. The number of nitrogens with one attached hydrogen (secondary N) is 6. The van der Waals surface area contributed by atoms with E-state index in [9.17, 15) is 14.9 Å². The average Bonchev–Trinajstić information content (AvgIpc) is 3.92. The highest BCUT2D eigenvalue weighted by Crippen LogP contribution is 2.49. The van der Waals surface area contributed by atoms with Crippen LogP contribution in [-0.4, -0.2) is 107 Å². The van der Waals surface area contributed by atoms with Gasteiger partial charge in [-0.2, -0.15) is 20.0 Å². The number of hydrogen-bond acceptors (Lipinski definition) is 14. The number of ether oxygens (including phenoxy) is 4. The molecule has 3 fully saturated rings. The highest BCUT2D eigenvalue weighted by molar-refractivity contribution is 5.68. The summed E-state index contributed by atoms with van der Waals surface area (Å²) in [6.07, 6.45) is 1.23. The number of halogens is 2. The topological polar surface area (TPSA) is 252 Å². The van der Waals surface area contributed by atoms with Gasteiger partial charge < -0.3 is 34.9 Å². The van der Waals surface area contributed by atoms with Gasteiger partial charge in [0.1, 0.15) is 47.9 Å². The zero-order valence-electron chi connectivity index (χ0n) is 37.9. The van der Waals surface area contributed by atoms with Gasteiger partial charge in [0.25, 0.3) is 0 Å². The standard InChI is InChI=1S/C44H53F2N15O6/c1-21(2)49-43(62)66-33-9-7-26(38(33)45)30-12-35(57-56-30)54-42-53-29(13-36-51-24(19-64-5)17-59(36)42)28-11-32(28)61-37(55-41-48-16-23(15-47)40-52-25(20-65-6)18-60(40)41)14-31(58-61)27-8-10-34(39(27)46)67-44(63)50-22(3)4/h12-14,16-18,21-22,26-28,32-34,38-39H,7-11,19-20H2,1-6H3,(H5,48,49,50,51,52,53,54,55,56,57,58,62,63)/p+1/t26-,27-,28?,32?,33-,34-,38-,39-/m0/s1. The average molecular weight is 927 g/mol. The molecular formula is C44H54F2N15O6+. The van der Waals surface area contributed by atoms with Crippen molar-refractivity contribution in [1.29, 1.82) is 5.26 Å². The van der Waals surface area contributed by atoms with E-state index < -0.39 is 48.6 Å². The number of carbonyl (C=O) groups is 2. The highest BCUT2D eigenvalue weighted by atomic mass is 19.1. The number of aromatic amines is 2. The number of H-pyrrole nitrogens is 2. The second kappa shape index (κ2) is 18.8. The van der Waals surface area contributed by atoms with E-state index in [0.717, 1.165) is 0 Å². The molecular weight excluding hydrogens is 873 g/mol. The molecule has 6 N–H and O–H groups in total. The van der Waals surface area contributed by atoms with Crippen LogP contribution in [0.4, 0.5) is 41.9 Å². The van der Waals surface area contributed by atoms with Crippen molar-refractivity contribution in [3.63, 3.8) is 0 Å². The second-order valence-corrected chi connectivity index (χ2v) is 17.9. The third kappa shape index (κ3) is 9.40. The molecule has 3 aliphatic carbocycles. The Balaban J connectivity index is 1.01. The Kier molecular flexibility index (Phi) is 12.7. The van der Waals surface area contributed by atoms with Gasteiger partial charge in [0.2, 0.25) is 5.95 Å². The minimum absolute atomic E-state index is 0.139. The number of amides is 2. The third-order valence-electron chi connectivity index (χ3n) is 12.2. The quantitative estimate of drug-likeness (QED) is 0.0616. The number of aromatic nitrogens is 10. The van der Waals surface area contributed by atoms with Gasteiger partial charge in [-0.25, -0.2) is 48.1 Å². The number of anilines is 4. The first-order valence-electron chi connectivity index (χ1n) is 22.4. The molecule has 0 aliphatic heterocycles. The molecule has 67 heavy (non-hydrogen) atoms. The fourth-order valence-corrected chi connectivity index (χ4v) is 9.13. The lowest BCUT2D eigenvalue weighted by molar-refractivity contribution is -0.742. The summed E-state index contributed by atoms with van der Waals surface area (Å²) in [4.78, 5) is 43.8. The summed E-state index contributed by atoms with van der Waals surface area (Å²) in [6.45, 7) is 7.70. The van der Waals surface area contributed by atoms with E-state index in [4.69, 9.17) is 28.9 Å². The summed E-state index contributed by atoms with van der Waals surface area (Å²) in [6, 6.07) is 7.14. The molecule has 6 heterocycles. The largest absolute Gasteiger partial charge is 0.443 e. The highest BCUT2D eigenvalue weighted by Gasteiger charge is 2.50. The van der Waals surface area contributed by atoms with Crippen LogP contribution in [0.25, 0.3) is 11.3 Å². The number of hydrogen-bond donors (Lipinski definition) is 6. The number of rotatable bonds is 16. The van der Waals surface area contributed by atoms with Crippen molar-refractivity contribution in [2.24, 2.45) is 0 Å². The molecule has 23 heteroatoms. The van der Waals surface area contributed by atoms with E-state index in [1.807, 2.05) is 23.0 Å². The van der Waals surface area contributed by atoms with Crippen LogP contribution in [0.15, 0.2) is 36.8 Å². The predicted molar refractivity (Wildman–Crippen MR) is 235 cm³/mol. The van der Waals surface area contributed by atoms with Gasteiger partial charge in [-0.15, -0.1) is 0 Å². The summed E-state index contributed by atoms with van der Waals surface area (Å²) in [7, 11) is 3.15. The first kappa shape index (κ1) is 45.2. The van der Waals surface area contributed by atoms with Crippen LogP contribution >= 0.6 is 0 Å². The Morgan fingerprint density at radius 1 is 0.836 bits per heavy atom. The van der Waals surface area contributed by atoms with Crippen molar-refractivity contribution in [3.05, 3.63) is 70.8 Å². The molecule has 0 bridgehead atoms. The molecule has 6 aromatic rings. The number of fused-ring (bicyclic) bond motifs is 2. The van der Waals surface area contributed by atoms with E-state index in [1.165, 1.54) is 6.20 Å². The van der Waals surface area contributed by atoms with Crippen LogP contribution in [0.1, 0.15) is 118 Å². The van der Waals surface area contributed by atoms with E-state index in [1.54, 1.807) is 63.0 Å². The maximum absolute atomic E-state index is 16.3. The molecule has 3 aliphatic rings. The number of alkyl carbamates (subject to hydrolysis) is 2. The summed E-state index contributed by atoms with van der Waals surface area (Å²) >= 11 is 0. The number of carbonyl (C=O) groups excluding carboxylic acids is 2. The van der Waals surface area contributed by atoms with E-state index in [-0.39, 0.29) is 42.8 Å². The predicted octanol–water partition coefficient (Wildman–Crippen LogP) is 5.93. The maximum Gasteiger partial charge on any atom is 0.407 e. The molecule has 21 nitrogen and oxygen atoms in total. The SMILES string of the molecule is COCc1cn2c(Nc3cc([C@@H]4CC[C@H](OC(=O)NC(C)C)[C@H]4F)[nH]n3)nc(C3CC3[n+]3[nH]c([C@@H]4CC[C@H](OC(=O)NC(C)C)[C@H]4F)cc3Nc3ncc(C#N)c4nc(COC)cn34)cc2n1. The first-order chi connectivity index (χ1) is 32.3. The molecule has 0 spiro atoms.